The number of fused-ring (bicyclic) bond motifs is 1. The first-order valence-electron chi connectivity index (χ1n) is 6.62. The highest BCUT2D eigenvalue weighted by Crippen LogP contribution is 2.44. The predicted molar refractivity (Wildman–Crippen MR) is 78.5 cm³/mol. The summed E-state index contributed by atoms with van der Waals surface area (Å²) < 4.78 is 0. The van der Waals surface area contributed by atoms with E-state index in [2.05, 4.69) is 32.6 Å². The third-order valence-electron chi connectivity index (χ3n) is 4.02. The Morgan fingerprint density at radius 2 is 2.16 bits per heavy atom. The average Bonchev–Trinajstić information content (AvgIpc) is 2.26. The Balaban J connectivity index is 2.63. The third-order valence-corrected chi connectivity index (χ3v) is 4.33. The van der Waals surface area contributed by atoms with Crippen molar-refractivity contribution in [1.82, 2.24) is 0 Å². The summed E-state index contributed by atoms with van der Waals surface area (Å²) in [7, 11) is 0. The molecule has 0 aromatic heterocycles. The molecule has 0 unspecified atom stereocenters. The lowest BCUT2D eigenvalue weighted by Crippen LogP contribution is -2.48. The molecule has 1 aromatic carbocycles. The lowest BCUT2D eigenvalue weighted by molar-refractivity contribution is 0.0697. The van der Waals surface area contributed by atoms with Crippen molar-refractivity contribution < 1.29 is 9.90 Å². The summed E-state index contributed by atoms with van der Waals surface area (Å²) in [6.45, 7) is 9.58. The molecule has 1 N–H and O–H groups in total. The molecule has 0 fully saturated rings. The molecule has 104 valence electrons. The van der Waals surface area contributed by atoms with Gasteiger partial charge in [0.25, 0.3) is 0 Å². The molecule has 0 aliphatic carbocycles. The van der Waals surface area contributed by atoms with E-state index in [4.69, 9.17) is 11.6 Å². The Morgan fingerprint density at radius 3 is 2.68 bits per heavy atom. The Hall–Kier alpha value is -1.22. The van der Waals surface area contributed by atoms with Crippen molar-refractivity contribution in [3.63, 3.8) is 0 Å². The summed E-state index contributed by atoms with van der Waals surface area (Å²) >= 11 is 6.11. The van der Waals surface area contributed by atoms with Gasteiger partial charge in [-0.3, -0.25) is 0 Å². The molecule has 1 aromatic rings. The van der Waals surface area contributed by atoms with Crippen LogP contribution < -0.4 is 4.90 Å². The molecule has 1 aliphatic heterocycles. The number of carbonyl (C=O) groups is 1. The van der Waals surface area contributed by atoms with E-state index in [9.17, 15) is 9.90 Å². The average molecular weight is 282 g/mol. The number of nitrogens with zero attached hydrogens (tertiary/aromatic N) is 1. The SMILES string of the molecule is CCN1c2cc(Cl)c(C(=O)O)cc2[C@H](C)CC1(C)C. The number of anilines is 1. The Kier molecular flexibility index (Phi) is 3.52. The lowest BCUT2D eigenvalue weighted by atomic mass is 9.79. The van der Waals surface area contributed by atoms with Crippen LogP contribution in [0.5, 0.6) is 0 Å². The number of aromatic carboxylic acids is 1. The number of halogens is 1. The second kappa shape index (κ2) is 4.71. The molecular weight excluding hydrogens is 262 g/mol. The smallest absolute Gasteiger partial charge is 0.337 e. The monoisotopic (exact) mass is 281 g/mol. The number of carboxylic acid groups (broad SMARTS) is 1. The van der Waals surface area contributed by atoms with Crippen molar-refractivity contribution in [2.24, 2.45) is 0 Å². The first kappa shape index (κ1) is 14.2. The fraction of sp³-hybridized carbons (Fsp3) is 0.533. The molecule has 1 aliphatic rings. The molecular formula is C15H20ClNO2. The van der Waals surface area contributed by atoms with E-state index in [1.165, 1.54) is 0 Å². The maximum Gasteiger partial charge on any atom is 0.337 e. The Labute approximate surface area is 119 Å². The molecule has 0 saturated carbocycles. The largest absolute Gasteiger partial charge is 0.478 e. The fourth-order valence-electron chi connectivity index (χ4n) is 3.27. The van der Waals surface area contributed by atoms with Crippen molar-refractivity contribution >= 4 is 23.3 Å². The summed E-state index contributed by atoms with van der Waals surface area (Å²) in [6.07, 6.45) is 1.01. The van der Waals surface area contributed by atoms with Gasteiger partial charge < -0.3 is 10.0 Å². The van der Waals surface area contributed by atoms with Gasteiger partial charge in [0.15, 0.2) is 0 Å². The van der Waals surface area contributed by atoms with Crippen LogP contribution in [0.15, 0.2) is 12.1 Å². The van der Waals surface area contributed by atoms with Crippen LogP contribution in [0.1, 0.15) is 56.0 Å². The van der Waals surface area contributed by atoms with Crippen LogP contribution in [0.25, 0.3) is 0 Å². The molecule has 0 bridgehead atoms. The molecule has 0 amide bonds. The van der Waals surface area contributed by atoms with E-state index in [0.29, 0.717) is 10.9 Å². The zero-order valence-corrected chi connectivity index (χ0v) is 12.6. The van der Waals surface area contributed by atoms with E-state index in [0.717, 1.165) is 24.2 Å². The number of hydrogen-bond acceptors (Lipinski definition) is 2. The van der Waals surface area contributed by atoms with Gasteiger partial charge in [-0.2, -0.15) is 0 Å². The van der Waals surface area contributed by atoms with E-state index in [1.807, 2.05) is 0 Å². The van der Waals surface area contributed by atoms with Crippen LogP contribution in [-0.4, -0.2) is 23.2 Å². The minimum atomic E-state index is -0.965. The number of carboxylic acids is 1. The van der Waals surface area contributed by atoms with Gasteiger partial charge in [-0.1, -0.05) is 18.5 Å². The first-order chi connectivity index (χ1) is 8.77. The molecule has 4 heteroatoms. The van der Waals surface area contributed by atoms with Gasteiger partial charge in [-0.15, -0.1) is 0 Å². The maximum atomic E-state index is 11.2. The van der Waals surface area contributed by atoms with Crippen molar-refractivity contribution in [3.05, 3.63) is 28.3 Å². The quantitative estimate of drug-likeness (QED) is 0.885. The van der Waals surface area contributed by atoms with Crippen LogP contribution in [0.4, 0.5) is 5.69 Å². The number of benzene rings is 1. The number of hydrogen-bond donors (Lipinski definition) is 1. The van der Waals surface area contributed by atoms with E-state index >= 15 is 0 Å². The zero-order valence-electron chi connectivity index (χ0n) is 11.8. The highest BCUT2D eigenvalue weighted by Gasteiger charge is 2.36. The van der Waals surface area contributed by atoms with Gasteiger partial charge in [0.05, 0.1) is 10.6 Å². The summed E-state index contributed by atoms with van der Waals surface area (Å²) in [5.41, 5.74) is 2.42. The minimum absolute atomic E-state index is 0.0647. The second-order valence-electron chi connectivity index (χ2n) is 5.86. The summed E-state index contributed by atoms with van der Waals surface area (Å²) in [4.78, 5) is 13.5. The van der Waals surface area contributed by atoms with E-state index < -0.39 is 5.97 Å². The fourth-order valence-corrected chi connectivity index (χ4v) is 3.50. The minimum Gasteiger partial charge on any atom is -0.478 e. The highest BCUT2D eigenvalue weighted by molar-refractivity contribution is 6.33. The second-order valence-corrected chi connectivity index (χ2v) is 6.27. The normalized spacial score (nSPS) is 21.1. The zero-order chi connectivity index (χ0) is 14.4. The molecule has 1 heterocycles. The van der Waals surface area contributed by atoms with Crippen LogP contribution >= 0.6 is 11.6 Å². The van der Waals surface area contributed by atoms with E-state index in [-0.39, 0.29) is 11.1 Å². The van der Waals surface area contributed by atoms with Crippen molar-refractivity contribution in [1.29, 1.82) is 0 Å². The highest BCUT2D eigenvalue weighted by atomic mass is 35.5. The van der Waals surface area contributed by atoms with Gasteiger partial charge >= 0.3 is 5.97 Å². The topological polar surface area (TPSA) is 40.5 Å². The summed E-state index contributed by atoms with van der Waals surface area (Å²) in [5.74, 6) is -0.629. The Morgan fingerprint density at radius 1 is 1.53 bits per heavy atom. The summed E-state index contributed by atoms with van der Waals surface area (Å²) in [5, 5.41) is 9.50. The number of rotatable bonds is 2. The first-order valence-corrected chi connectivity index (χ1v) is 7.00. The summed E-state index contributed by atoms with van der Waals surface area (Å²) in [6, 6.07) is 3.55. The molecule has 0 saturated heterocycles. The molecule has 0 spiro atoms. The standard InChI is InChI=1S/C15H20ClNO2/c1-5-17-13-7-12(16)11(14(18)19)6-10(13)9(2)8-15(17,3)4/h6-7,9H,5,8H2,1-4H3,(H,18,19)/t9-/m1/s1. The van der Waals surface area contributed by atoms with Gasteiger partial charge in [-0.25, -0.2) is 4.79 Å². The van der Waals surface area contributed by atoms with Gasteiger partial charge in [0.1, 0.15) is 0 Å². The molecule has 1 atom stereocenters. The molecule has 0 radical (unpaired) electrons. The van der Waals surface area contributed by atoms with Crippen molar-refractivity contribution in [2.45, 2.75) is 45.6 Å². The van der Waals surface area contributed by atoms with Crippen molar-refractivity contribution in [2.75, 3.05) is 11.4 Å². The third kappa shape index (κ3) is 2.32. The lowest BCUT2D eigenvalue weighted by Gasteiger charge is -2.47. The van der Waals surface area contributed by atoms with Crippen LogP contribution in [0.3, 0.4) is 0 Å². The van der Waals surface area contributed by atoms with E-state index in [1.54, 1.807) is 12.1 Å². The van der Waals surface area contributed by atoms with Gasteiger partial charge in [0.2, 0.25) is 0 Å². The van der Waals surface area contributed by atoms with Crippen LogP contribution in [0.2, 0.25) is 5.02 Å². The van der Waals surface area contributed by atoms with Gasteiger partial charge in [-0.05, 0) is 50.8 Å². The molecule has 2 rings (SSSR count). The predicted octanol–water partition coefficient (Wildman–Crippen LogP) is 4.15. The molecule has 3 nitrogen and oxygen atoms in total. The maximum absolute atomic E-state index is 11.2. The van der Waals surface area contributed by atoms with Gasteiger partial charge in [0, 0.05) is 17.8 Å². The van der Waals surface area contributed by atoms with Crippen LogP contribution in [0, 0.1) is 0 Å². The Bertz CT molecular complexity index is 525. The van der Waals surface area contributed by atoms with Crippen molar-refractivity contribution in [3.8, 4) is 0 Å². The molecule has 19 heavy (non-hydrogen) atoms. The van der Waals surface area contributed by atoms with Crippen LogP contribution in [-0.2, 0) is 0 Å².